The molecule has 300 valence electrons. The number of hydrogen-bond acceptors (Lipinski definition) is 2. The summed E-state index contributed by atoms with van der Waals surface area (Å²) in [7, 11) is 0. The van der Waals surface area contributed by atoms with Crippen molar-refractivity contribution in [3.05, 3.63) is 255 Å². The third-order valence-electron chi connectivity index (χ3n) is 12.8. The van der Waals surface area contributed by atoms with E-state index in [0.717, 1.165) is 28.3 Å². The highest BCUT2D eigenvalue weighted by Crippen LogP contribution is 2.53. The van der Waals surface area contributed by atoms with Crippen LogP contribution in [0.1, 0.15) is 0 Å². The summed E-state index contributed by atoms with van der Waals surface area (Å²) in [6, 6.07) is 92.8. The minimum Gasteiger partial charge on any atom is -0.311 e. The van der Waals surface area contributed by atoms with E-state index >= 15 is 0 Å². The average molecular weight is 815 g/mol. The van der Waals surface area contributed by atoms with Crippen molar-refractivity contribution < 1.29 is 0 Å². The van der Waals surface area contributed by atoms with Crippen LogP contribution in [0.25, 0.3) is 77.2 Å². The lowest BCUT2D eigenvalue weighted by Crippen LogP contribution is -2.11. The Morgan fingerprint density at radius 1 is 0.234 bits per heavy atom. The standard InChI is InChI=1S/C62H42N2/c1-3-15-43(16-4-1)45-27-34-50(35-28-45)63(51-36-29-46(30-37-51)44-17-5-2-6-18-44)52-38-31-47(32-39-52)48-33-40-61-59(41-48)56-23-10-9-22-55(56)57-24-13-14-26-60(57)64(61)62-42-49-19-7-8-20-53(49)54-21-11-12-25-58(54)62/h1-42H. The lowest BCUT2D eigenvalue weighted by Gasteiger charge is -2.29. The van der Waals surface area contributed by atoms with Gasteiger partial charge < -0.3 is 9.80 Å². The summed E-state index contributed by atoms with van der Waals surface area (Å²) in [4.78, 5) is 4.85. The van der Waals surface area contributed by atoms with Gasteiger partial charge in [-0.05, 0) is 121 Å². The zero-order valence-corrected chi connectivity index (χ0v) is 35.1. The van der Waals surface area contributed by atoms with E-state index in [0.29, 0.717) is 0 Å². The number of hydrogen-bond donors (Lipinski definition) is 0. The largest absolute Gasteiger partial charge is 0.311 e. The van der Waals surface area contributed by atoms with Gasteiger partial charge in [0.1, 0.15) is 0 Å². The molecular formula is C62H42N2. The van der Waals surface area contributed by atoms with E-state index in [1.807, 2.05) is 0 Å². The van der Waals surface area contributed by atoms with E-state index in [9.17, 15) is 0 Å². The summed E-state index contributed by atoms with van der Waals surface area (Å²) in [5, 5.41) is 4.96. The molecule has 2 nitrogen and oxygen atoms in total. The van der Waals surface area contributed by atoms with Crippen LogP contribution in [0.3, 0.4) is 0 Å². The summed E-state index contributed by atoms with van der Waals surface area (Å²) in [6.45, 7) is 0. The van der Waals surface area contributed by atoms with E-state index < -0.39 is 0 Å². The maximum atomic E-state index is 2.50. The van der Waals surface area contributed by atoms with Crippen LogP contribution in [0.15, 0.2) is 255 Å². The summed E-state index contributed by atoms with van der Waals surface area (Å²) in [6.07, 6.45) is 0. The third-order valence-corrected chi connectivity index (χ3v) is 12.8. The molecule has 0 aromatic heterocycles. The maximum absolute atomic E-state index is 2.50. The van der Waals surface area contributed by atoms with Crippen molar-refractivity contribution in [3.8, 4) is 55.6 Å². The Kier molecular flexibility index (Phi) is 9.20. The van der Waals surface area contributed by atoms with Crippen LogP contribution in [0.2, 0.25) is 0 Å². The van der Waals surface area contributed by atoms with Crippen LogP contribution in [-0.2, 0) is 0 Å². The minimum absolute atomic E-state index is 1.09. The zero-order chi connectivity index (χ0) is 42.4. The van der Waals surface area contributed by atoms with Crippen LogP contribution >= 0.6 is 0 Å². The number of rotatable bonds is 7. The molecule has 0 amide bonds. The van der Waals surface area contributed by atoms with Crippen molar-refractivity contribution in [2.45, 2.75) is 0 Å². The molecule has 0 spiro atoms. The highest BCUT2D eigenvalue weighted by atomic mass is 15.2. The van der Waals surface area contributed by atoms with Gasteiger partial charge in [0, 0.05) is 33.6 Å². The smallest absolute Gasteiger partial charge is 0.0546 e. The van der Waals surface area contributed by atoms with E-state index in [2.05, 4.69) is 265 Å². The van der Waals surface area contributed by atoms with Crippen molar-refractivity contribution in [3.63, 3.8) is 0 Å². The molecule has 64 heavy (non-hydrogen) atoms. The fourth-order valence-electron chi connectivity index (χ4n) is 9.70. The first-order valence-electron chi connectivity index (χ1n) is 22.0. The summed E-state index contributed by atoms with van der Waals surface area (Å²) >= 11 is 0. The normalized spacial score (nSPS) is 11.7. The molecule has 1 heterocycles. The average Bonchev–Trinajstić information content (AvgIpc) is 3.50. The van der Waals surface area contributed by atoms with Crippen LogP contribution in [0, 0.1) is 0 Å². The SMILES string of the molecule is c1ccc(-c2ccc(N(c3ccc(-c4ccccc4)cc3)c3ccc(-c4ccc5c(c4)-c4ccccc4-c4ccccc4N5c4cc5ccccc5c5ccccc45)cc3)cc2)cc1. The Morgan fingerprint density at radius 3 is 1.23 bits per heavy atom. The van der Waals surface area contributed by atoms with Gasteiger partial charge in [0.2, 0.25) is 0 Å². The molecule has 2 heteroatoms. The van der Waals surface area contributed by atoms with Crippen molar-refractivity contribution in [2.24, 2.45) is 0 Å². The summed E-state index contributed by atoms with van der Waals surface area (Å²) in [5.74, 6) is 0. The van der Waals surface area contributed by atoms with Crippen LogP contribution in [0.5, 0.6) is 0 Å². The van der Waals surface area contributed by atoms with Gasteiger partial charge in [0.15, 0.2) is 0 Å². The number of anilines is 6. The van der Waals surface area contributed by atoms with Crippen molar-refractivity contribution in [1.82, 2.24) is 0 Å². The molecule has 0 aliphatic carbocycles. The molecule has 11 aromatic carbocycles. The van der Waals surface area contributed by atoms with Gasteiger partial charge in [0.05, 0.1) is 17.1 Å². The number of benzene rings is 11. The molecule has 1 aliphatic heterocycles. The Labute approximate surface area is 374 Å². The monoisotopic (exact) mass is 814 g/mol. The molecule has 0 atom stereocenters. The highest BCUT2D eigenvalue weighted by molar-refractivity contribution is 6.16. The lowest BCUT2D eigenvalue weighted by atomic mass is 9.92. The Morgan fingerprint density at radius 2 is 0.641 bits per heavy atom. The molecule has 0 N–H and O–H groups in total. The van der Waals surface area contributed by atoms with Gasteiger partial charge in [-0.3, -0.25) is 0 Å². The number of para-hydroxylation sites is 1. The second-order valence-corrected chi connectivity index (χ2v) is 16.5. The fourth-order valence-corrected chi connectivity index (χ4v) is 9.70. The third kappa shape index (κ3) is 6.52. The van der Waals surface area contributed by atoms with Gasteiger partial charge in [-0.15, -0.1) is 0 Å². The van der Waals surface area contributed by atoms with Crippen molar-refractivity contribution in [2.75, 3.05) is 9.80 Å². The molecule has 0 bridgehead atoms. The Bertz CT molecular complexity index is 3380. The number of nitrogens with zero attached hydrogens (tertiary/aromatic N) is 2. The first kappa shape index (κ1) is 37.3. The zero-order valence-electron chi connectivity index (χ0n) is 35.1. The molecular weight excluding hydrogens is 773 g/mol. The van der Waals surface area contributed by atoms with Crippen LogP contribution in [-0.4, -0.2) is 0 Å². The topological polar surface area (TPSA) is 6.48 Å². The summed E-state index contributed by atoms with van der Waals surface area (Å²) in [5.41, 5.74) is 18.8. The maximum Gasteiger partial charge on any atom is 0.0546 e. The van der Waals surface area contributed by atoms with Gasteiger partial charge in [-0.1, -0.05) is 194 Å². The molecule has 0 fully saturated rings. The summed E-state index contributed by atoms with van der Waals surface area (Å²) < 4.78 is 0. The quantitative estimate of drug-likeness (QED) is 0.148. The van der Waals surface area contributed by atoms with Crippen molar-refractivity contribution in [1.29, 1.82) is 0 Å². The molecule has 0 radical (unpaired) electrons. The van der Waals surface area contributed by atoms with Crippen LogP contribution in [0.4, 0.5) is 34.1 Å². The first-order valence-corrected chi connectivity index (χ1v) is 22.0. The van der Waals surface area contributed by atoms with E-state index in [1.54, 1.807) is 0 Å². The number of fused-ring (bicyclic) bond motifs is 8. The molecule has 0 saturated heterocycles. The predicted molar refractivity (Wildman–Crippen MR) is 272 cm³/mol. The van der Waals surface area contributed by atoms with Gasteiger partial charge in [-0.25, -0.2) is 0 Å². The van der Waals surface area contributed by atoms with Crippen LogP contribution < -0.4 is 9.80 Å². The molecule has 11 aromatic rings. The fraction of sp³-hybridized carbons (Fsp3) is 0. The Hall–Kier alpha value is -8.46. The van der Waals surface area contributed by atoms with Crippen molar-refractivity contribution >= 4 is 55.7 Å². The second-order valence-electron chi connectivity index (χ2n) is 16.5. The highest BCUT2D eigenvalue weighted by Gasteiger charge is 2.28. The molecule has 0 saturated carbocycles. The molecule has 12 rings (SSSR count). The Balaban J connectivity index is 0.976. The van der Waals surface area contributed by atoms with E-state index in [1.165, 1.54) is 83.0 Å². The predicted octanol–water partition coefficient (Wildman–Crippen LogP) is 17.6. The van der Waals surface area contributed by atoms with E-state index in [4.69, 9.17) is 0 Å². The lowest BCUT2D eigenvalue weighted by molar-refractivity contribution is 1.28. The van der Waals surface area contributed by atoms with Gasteiger partial charge in [0.25, 0.3) is 0 Å². The minimum atomic E-state index is 1.09. The van der Waals surface area contributed by atoms with Gasteiger partial charge >= 0.3 is 0 Å². The molecule has 1 aliphatic rings. The van der Waals surface area contributed by atoms with E-state index in [-0.39, 0.29) is 0 Å². The van der Waals surface area contributed by atoms with Gasteiger partial charge in [-0.2, -0.15) is 0 Å². The second kappa shape index (κ2) is 15.8. The first-order chi connectivity index (χ1) is 31.7. The molecule has 0 unspecified atom stereocenters.